The maximum Gasteiger partial charge on any atom is 0.289 e. The standard InChI is InChI=1S/C24H27N5O/c1-2-29(24(30)23-27-21-13-6-10-18(15-25)22(21)28-23)20-12-7-11-19(14-20)26-16-17-8-4-3-5-9-17/h3-6,8-10,13,19-20,26H,2,7,11-12,14,16H2,1H3,(H,27,28)/t19-,20+/m1/s1. The number of imidazole rings is 1. The number of rotatable bonds is 6. The predicted octanol–water partition coefficient (Wildman–Crippen LogP) is 4.00. The van der Waals surface area contributed by atoms with Gasteiger partial charge in [-0.25, -0.2) is 4.98 Å². The molecule has 1 fully saturated rings. The molecule has 0 saturated heterocycles. The smallest absolute Gasteiger partial charge is 0.289 e. The Hall–Kier alpha value is -3.17. The number of nitrogens with zero attached hydrogens (tertiary/aromatic N) is 3. The van der Waals surface area contributed by atoms with Gasteiger partial charge in [0.25, 0.3) is 5.91 Å². The molecule has 1 aromatic heterocycles. The second-order valence-electron chi connectivity index (χ2n) is 7.87. The van der Waals surface area contributed by atoms with Crippen molar-refractivity contribution in [2.24, 2.45) is 0 Å². The van der Waals surface area contributed by atoms with E-state index < -0.39 is 0 Å². The molecule has 0 aliphatic heterocycles. The molecule has 6 nitrogen and oxygen atoms in total. The molecule has 0 radical (unpaired) electrons. The molecule has 2 atom stereocenters. The van der Waals surface area contributed by atoms with E-state index in [4.69, 9.17) is 0 Å². The largest absolute Gasteiger partial charge is 0.334 e. The fourth-order valence-electron chi connectivity index (χ4n) is 4.42. The first-order valence-electron chi connectivity index (χ1n) is 10.7. The number of para-hydroxylation sites is 1. The molecule has 1 saturated carbocycles. The monoisotopic (exact) mass is 401 g/mol. The van der Waals surface area contributed by atoms with Crippen LogP contribution in [0.2, 0.25) is 0 Å². The highest BCUT2D eigenvalue weighted by Crippen LogP contribution is 2.25. The van der Waals surface area contributed by atoms with Crippen LogP contribution in [0.4, 0.5) is 0 Å². The molecular formula is C24H27N5O. The van der Waals surface area contributed by atoms with Crippen LogP contribution >= 0.6 is 0 Å². The average molecular weight is 402 g/mol. The normalized spacial score (nSPS) is 18.8. The second kappa shape index (κ2) is 9.10. The van der Waals surface area contributed by atoms with Crippen LogP contribution in [0.15, 0.2) is 48.5 Å². The minimum atomic E-state index is -0.0914. The van der Waals surface area contributed by atoms with Crippen LogP contribution in [0.1, 0.15) is 54.4 Å². The van der Waals surface area contributed by atoms with Gasteiger partial charge in [-0.15, -0.1) is 0 Å². The van der Waals surface area contributed by atoms with E-state index in [-0.39, 0.29) is 11.9 Å². The zero-order valence-electron chi connectivity index (χ0n) is 17.3. The van der Waals surface area contributed by atoms with Crippen LogP contribution < -0.4 is 5.32 Å². The Kier molecular flexibility index (Phi) is 6.10. The molecule has 0 unspecified atom stereocenters. The number of aromatic amines is 1. The zero-order chi connectivity index (χ0) is 20.9. The van der Waals surface area contributed by atoms with Gasteiger partial charge in [0.1, 0.15) is 11.6 Å². The number of fused-ring (bicyclic) bond motifs is 1. The van der Waals surface area contributed by atoms with Gasteiger partial charge in [0.2, 0.25) is 0 Å². The Morgan fingerprint density at radius 1 is 1.23 bits per heavy atom. The Balaban J connectivity index is 1.46. The molecule has 2 aromatic carbocycles. The van der Waals surface area contributed by atoms with Crippen LogP contribution in [-0.4, -0.2) is 39.4 Å². The molecule has 1 heterocycles. The van der Waals surface area contributed by atoms with Gasteiger partial charge in [0, 0.05) is 25.2 Å². The quantitative estimate of drug-likeness (QED) is 0.654. The summed E-state index contributed by atoms with van der Waals surface area (Å²) in [5.41, 5.74) is 3.04. The van der Waals surface area contributed by atoms with Crippen LogP contribution in [0.5, 0.6) is 0 Å². The van der Waals surface area contributed by atoms with Gasteiger partial charge in [0.15, 0.2) is 5.82 Å². The van der Waals surface area contributed by atoms with Gasteiger partial charge >= 0.3 is 0 Å². The highest BCUT2D eigenvalue weighted by Gasteiger charge is 2.30. The van der Waals surface area contributed by atoms with E-state index in [1.807, 2.05) is 24.0 Å². The molecule has 3 aromatic rings. The summed E-state index contributed by atoms with van der Waals surface area (Å²) in [7, 11) is 0. The molecule has 1 aliphatic carbocycles. The first-order valence-corrected chi connectivity index (χ1v) is 10.7. The number of H-pyrrole nitrogens is 1. The van der Waals surface area contributed by atoms with E-state index in [0.29, 0.717) is 29.5 Å². The van der Waals surface area contributed by atoms with E-state index in [1.165, 1.54) is 5.56 Å². The number of nitrogens with one attached hydrogen (secondary N) is 2. The van der Waals surface area contributed by atoms with Crippen LogP contribution in [0.3, 0.4) is 0 Å². The molecule has 154 valence electrons. The van der Waals surface area contributed by atoms with Gasteiger partial charge in [-0.2, -0.15) is 5.26 Å². The van der Waals surface area contributed by atoms with Gasteiger partial charge in [-0.3, -0.25) is 4.79 Å². The zero-order valence-corrected chi connectivity index (χ0v) is 17.3. The fraction of sp³-hybridized carbons (Fsp3) is 0.375. The molecule has 30 heavy (non-hydrogen) atoms. The van der Waals surface area contributed by atoms with Gasteiger partial charge in [0.05, 0.1) is 11.1 Å². The number of benzene rings is 2. The summed E-state index contributed by atoms with van der Waals surface area (Å²) in [4.78, 5) is 22.8. The van der Waals surface area contributed by atoms with Crippen molar-refractivity contribution in [2.75, 3.05) is 6.54 Å². The number of carbonyl (C=O) groups is 1. The third-order valence-electron chi connectivity index (χ3n) is 5.96. The number of carbonyl (C=O) groups excluding carboxylic acids is 1. The molecule has 4 rings (SSSR count). The summed E-state index contributed by atoms with van der Waals surface area (Å²) in [6.45, 7) is 3.50. The van der Waals surface area contributed by atoms with E-state index in [0.717, 1.165) is 37.7 Å². The fourth-order valence-corrected chi connectivity index (χ4v) is 4.42. The topological polar surface area (TPSA) is 84.8 Å². The van der Waals surface area contributed by atoms with Gasteiger partial charge in [-0.05, 0) is 50.3 Å². The van der Waals surface area contributed by atoms with Crippen LogP contribution in [0.25, 0.3) is 11.0 Å². The van der Waals surface area contributed by atoms with Gasteiger partial charge < -0.3 is 15.2 Å². The average Bonchev–Trinajstić information content (AvgIpc) is 3.24. The Morgan fingerprint density at radius 2 is 2.07 bits per heavy atom. The lowest BCUT2D eigenvalue weighted by atomic mass is 9.89. The molecule has 6 heteroatoms. The summed E-state index contributed by atoms with van der Waals surface area (Å²) in [5, 5.41) is 13.0. The number of aromatic nitrogens is 2. The van der Waals surface area contributed by atoms with Crippen molar-refractivity contribution in [1.29, 1.82) is 5.26 Å². The summed E-state index contributed by atoms with van der Waals surface area (Å²) in [6, 6.07) is 18.5. The first-order chi connectivity index (χ1) is 14.7. The lowest BCUT2D eigenvalue weighted by molar-refractivity contribution is 0.0617. The second-order valence-corrected chi connectivity index (χ2v) is 7.87. The van der Waals surface area contributed by atoms with Crippen molar-refractivity contribution in [3.05, 3.63) is 65.5 Å². The summed E-state index contributed by atoms with van der Waals surface area (Å²) >= 11 is 0. The van der Waals surface area contributed by atoms with Crippen molar-refractivity contribution in [1.82, 2.24) is 20.2 Å². The third kappa shape index (κ3) is 4.22. The number of amides is 1. The molecule has 2 N–H and O–H groups in total. The Bertz CT molecular complexity index is 1050. The number of hydrogen-bond acceptors (Lipinski definition) is 4. The third-order valence-corrected chi connectivity index (χ3v) is 5.96. The van der Waals surface area contributed by atoms with Crippen molar-refractivity contribution >= 4 is 16.9 Å². The van der Waals surface area contributed by atoms with E-state index >= 15 is 0 Å². The van der Waals surface area contributed by atoms with Crippen molar-refractivity contribution in [3.8, 4) is 6.07 Å². The Labute approximate surface area is 176 Å². The minimum Gasteiger partial charge on any atom is -0.334 e. The lowest BCUT2D eigenvalue weighted by Gasteiger charge is -2.37. The maximum absolute atomic E-state index is 13.3. The SMILES string of the molecule is CCN(C(=O)c1nc2c(C#N)cccc2[nH]1)[C@H]1CCC[C@@H](NCc2ccccc2)C1. The van der Waals surface area contributed by atoms with Crippen molar-refractivity contribution in [2.45, 2.75) is 51.2 Å². The van der Waals surface area contributed by atoms with Crippen LogP contribution in [-0.2, 0) is 6.54 Å². The van der Waals surface area contributed by atoms with E-state index in [1.54, 1.807) is 12.1 Å². The maximum atomic E-state index is 13.3. The number of nitriles is 1. The number of hydrogen-bond donors (Lipinski definition) is 2. The van der Waals surface area contributed by atoms with Crippen molar-refractivity contribution < 1.29 is 4.79 Å². The summed E-state index contributed by atoms with van der Waals surface area (Å²) in [6.07, 6.45) is 4.17. The summed E-state index contributed by atoms with van der Waals surface area (Å²) < 4.78 is 0. The molecule has 1 amide bonds. The van der Waals surface area contributed by atoms with E-state index in [9.17, 15) is 10.1 Å². The molecule has 1 aliphatic rings. The first kappa shape index (κ1) is 20.1. The van der Waals surface area contributed by atoms with E-state index in [2.05, 4.69) is 45.6 Å². The Morgan fingerprint density at radius 3 is 2.83 bits per heavy atom. The molecular weight excluding hydrogens is 374 g/mol. The highest BCUT2D eigenvalue weighted by molar-refractivity contribution is 5.95. The van der Waals surface area contributed by atoms with Gasteiger partial charge in [-0.1, -0.05) is 36.4 Å². The minimum absolute atomic E-state index is 0.0914. The molecule has 0 bridgehead atoms. The lowest BCUT2D eigenvalue weighted by Crippen LogP contribution is -2.47. The van der Waals surface area contributed by atoms with Crippen molar-refractivity contribution in [3.63, 3.8) is 0 Å². The predicted molar refractivity (Wildman–Crippen MR) is 117 cm³/mol. The summed E-state index contributed by atoms with van der Waals surface area (Å²) in [5.74, 6) is 0.222. The molecule has 0 spiro atoms. The van der Waals surface area contributed by atoms with Crippen LogP contribution in [0, 0.1) is 11.3 Å². The highest BCUT2D eigenvalue weighted by atomic mass is 16.2.